The number of hydrogen-bond donors (Lipinski definition) is 1. The Labute approximate surface area is 165 Å². The number of nitrogens with zero attached hydrogens (tertiary/aromatic N) is 1. The summed E-state index contributed by atoms with van der Waals surface area (Å²) in [6, 6.07) is 8.57. The van der Waals surface area contributed by atoms with E-state index in [9.17, 15) is 0 Å². The summed E-state index contributed by atoms with van der Waals surface area (Å²) >= 11 is 0. The van der Waals surface area contributed by atoms with Gasteiger partial charge in [-0.1, -0.05) is 30.2 Å². The number of rotatable bonds is 11. The molecule has 0 saturated carbocycles. The van der Waals surface area contributed by atoms with Crippen LogP contribution in [0.5, 0.6) is 5.75 Å². The summed E-state index contributed by atoms with van der Waals surface area (Å²) < 4.78 is 11.1. The minimum absolute atomic E-state index is 0.742. The molecule has 0 amide bonds. The normalized spacial score (nSPS) is 16.4. The van der Waals surface area contributed by atoms with E-state index >= 15 is 0 Å². The zero-order valence-corrected chi connectivity index (χ0v) is 17.3. The largest absolute Gasteiger partial charge is 0.501 e. The van der Waals surface area contributed by atoms with Gasteiger partial charge >= 0.3 is 0 Å². The van der Waals surface area contributed by atoms with Crippen LogP contribution in [0, 0.1) is 0 Å². The fourth-order valence-electron chi connectivity index (χ4n) is 3.17. The van der Waals surface area contributed by atoms with Crippen LogP contribution < -0.4 is 10.1 Å². The van der Waals surface area contributed by atoms with Crippen molar-refractivity contribution in [3.05, 3.63) is 53.3 Å². The van der Waals surface area contributed by atoms with Crippen LogP contribution in [0.2, 0.25) is 0 Å². The van der Waals surface area contributed by atoms with E-state index in [1.165, 1.54) is 43.5 Å². The summed E-state index contributed by atoms with van der Waals surface area (Å²) in [6.07, 6.45) is 9.14. The van der Waals surface area contributed by atoms with Crippen LogP contribution in [0.25, 0.3) is 0 Å². The van der Waals surface area contributed by atoms with Crippen LogP contribution in [-0.2, 0) is 11.3 Å². The van der Waals surface area contributed by atoms with Gasteiger partial charge in [0.2, 0.25) is 0 Å². The highest BCUT2D eigenvalue weighted by Gasteiger charge is 2.10. The second-order valence-electron chi connectivity index (χ2n) is 7.36. The van der Waals surface area contributed by atoms with E-state index in [1.54, 1.807) is 7.11 Å². The third kappa shape index (κ3) is 9.12. The van der Waals surface area contributed by atoms with Crippen LogP contribution in [0.1, 0.15) is 45.1 Å². The Morgan fingerprint density at radius 3 is 2.74 bits per heavy atom. The number of ether oxygens (including phenoxy) is 2. The maximum Gasteiger partial charge on any atom is 0.119 e. The van der Waals surface area contributed by atoms with Gasteiger partial charge in [0.1, 0.15) is 5.75 Å². The Kier molecular flexibility index (Phi) is 10.0. The van der Waals surface area contributed by atoms with Gasteiger partial charge in [-0.25, -0.2) is 0 Å². The van der Waals surface area contributed by atoms with E-state index < -0.39 is 0 Å². The molecule has 1 aromatic carbocycles. The van der Waals surface area contributed by atoms with Crippen molar-refractivity contribution in [2.75, 3.05) is 39.9 Å². The van der Waals surface area contributed by atoms with Crippen LogP contribution in [-0.4, -0.2) is 44.8 Å². The molecule has 0 bridgehead atoms. The SMILES string of the molecule is CO/C(C)=C/C=C(\C)CNCCCOc1cccc(CN2CCCCC2)c1. The van der Waals surface area contributed by atoms with Gasteiger partial charge in [0.15, 0.2) is 0 Å². The van der Waals surface area contributed by atoms with Gasteiger partial charge in [-0.15, -0.1) is 0 Å². The highest BCUT2D eigenvalue weighted by molar-refractivity contribution is 5.28. The number of allylic oxidation sites excluding steroid dienone is 3. The third-order valence-electron chi connectivity index (χ3n) is 4.85. The zero-order chi connectivity index (χ0) is 19.3. The molecule has 0 radical (unpaired) electrons. The number of benzene rings is 1. The molecule has 1 aromatic rings. The molecule has 1 aliphatic rings. The zero-order valence-electron chi connectivity index (χ0n) is 17.3. The molecule has 1 N–H and O–H groups in total. The molecule has 0 aromatic heterocycles. The van der Waals surface area contributed by atoms with Crippen molar-refractivity contribution >= 4 is 0 Å². The van der Waals surface area contributed by atoms with Crippen LogP contribution in [0.15, 0.2) is 47.7 Å². The first-order valence-electron chi connectivity index (χ1n) is 10.2. The molecule has 0 atom stereocenters. The van der Waals surface area contributed by atoms with E-state index in [4.69, 9.17) is 9.47 Å². The molecule has 1 aliphatic heterocycles. The average molecular weight is 373 g/mol. The first-order valence-corrected chi connectivity index (χ1v) is 10.2. The smallest absolute Gasteiger partial charge is 0.119 e. The van der Waals surface area contributed by atoms with Gasteiger partial charge < -0.3 is 14.8 Å². The minimum atomic E-state index is 0.742. The van der Waals surface area contributed by atoms with Crippen molar-refractivity contribution in [3.63, 3.8) is 0 Å². The molecular weight excluding hydrogens is 336 g/mol. The number of piperidine rings is 1. The van der Waals surface area contributed by atoms with Gasteiger partial charge in [0.25, 0.3) is 0 Å². The van der Waals surface area contributed by atoms with E-state index in [0.29, 0.717) is 0 Å². The van der Waals surface area contributed by atoms with Gasteiger partial charge in [-0.3, -0.25) is 4.90 Å². The first kappa shape index (κ1) is 21.5. The molecule has 1 saturated heterocycles. The lowest BCUT2D eigenvalue weighted by Gasteiger charge is -2.26. The molecule has 0 spiro atoms. The molecule has 0 aliphatic carbocycles. The van der Waals surface area contributed by atoms with Gasteiger partial charge in [0, 0.05) is 13.1 Å². The maximum absolute atomic E-state index is 5.94. The second kappa shape index (κ2) is 12.6. The molecule has 1 fully saturated rings. The Morgan fingerprint density at radius 1 is 1.15 bits per heavy atom. The van der Waals surface area contributed by atoms with Crippen molar-refractivity contribution in [2.24, 2.45) is 0 Å². The molecule has 4 nitrogen and oxygen atoms in total. The Balaban J connectivity index is 1.62. The number of methoxy groups -OCH3 is 1. The summed E-state index contributed by atoms with van der Waals surface area (Å²) in [5.41, 5.74) is 2.64. The molecule has 150 valence electrons. The van der Waals surface area contributed by atoms with Crippen molar-refractivity contribution in [3.8, 4) is 5.75 Å². The van der Waals surface area contributed by atoms with Crippen molar-refractivity contribution in [2.45, 2.75) is 46.1 Å². The Morgan fingerprint density at radius 2 is 1.96 bits per heavy atom. The van der Waals surface area contributed by atoms with Gasteiger partial charge in [-0.2, -0.15) is 0 Å². The highest BCUT2D eigenvalue weighted by Crippen LogP contribution is 2.17. The van der Waals surface area contributed by atoms with Gasteiger partial charge in [0.05, 0.1) is 19.5 Å². The minimum Gasteiger partial charge on any atom is -0.501 e. The average Bonchev–Trinajstić information content (AvgIpc) is 2.69. The van der Waals surface area contributed by atoms with Crippen molar-refractivity contribution < 1.29 is 9.47 Å². The van der Waals surface area contributed by atoms with Crippen LogP contribution in [0.3, 0.4) is 0 Å². The highest BCUT2D eigenvalue weighted by atomic mass is 16.5. The summed E-state index contributed by atoms with van der Waals surface area (Å²) in [7, 11) is 1.69. The quantitative estimate of drug-likeness (QED) is 0.352. The maximum atomic E-state index is 5.94. The lowest BCUT2D eigenvalue weighted by Crippen LogP contribution is -2.29. The fraction of sp³-hybridized carbons (Fsp3) is 0.565. The molecular formula is C23H36N2O2. The van der Waals surface area contributed by atoms with E-state index in [1.807, 2.05) is 13.0 Å². The Bertz CT molecular complexity index is 604. The van der Waals surface area contributed by atoms with E-state index in [2.05, 4.69) is 47.5 Å². The standard InChI is InChI=1S/C23H36N2O2/c1-20(11-12-21(2)26-3)18-24-13-8-16-27-23-10-7-9-22(17-23)19-25-14-5-4-6-15-25/h7,9-12,17,24H,4-6,8,13-16,18-19H2,1-3H3/b20-11+,21-12+. The lowest BCUT2D eigenvalue weighted by molar-refractivity contribution is 0.220. The predicted molar refractivity (Wildman–Crippen MR) is 113 cm³/mol. The second-order valence-corrected chi connectivity index (χ2v) is 7.36. The number of hydrogen-bond acceptors (Lipinski definition) is 4. The van der Waals surface area contributed by atoms with E-state index in [-0.39, 0.29) is 0 Å². The molecule has 4 heteroatoms. The van der Waals surface area contributed by atoms with Crippen LogP contribution in [0.4, 0.5) is 0 Å². The Hall–Kier alpha value is -1.78. The molecule has 1 heterocycles. The van der Waals surface area contributed by atoms with Crippen LogP contribution >= 0.6 is 0 Å². The van der Waals surface area contributed by atoms with E-state index in [0.717, 1.165) is 44.2 Å². The monoisotopic (exact) mass is 372 g/mol. The summed E-state index contributed by atoms with van der Waals surface area (Å²) in [5, 5.41) is 3.45. The molecule has 0 unspecified atom stereocenters. The fourth-order valence-corrected chi connectivity index (χ4v) is 3.17. The number of nitrogens with one attached hydrogen (secondary N) is 1. The molecule has 27 heavy (non-hydrogen) atoms. The summed E-state index contributed by atoms with van der Waals surface area (Å²) in [6.45, 7) is 10.2. The first-order chi connectivity index (χ1) is 13.2. The van der Waals surface area contributed by atoms with Crippen molar-refractivity contribution in [1.29, 1.82) is 0 Å². The number of likely N-dealkylation sites (tertiary alicyclic amines) is 1. The summed E-state index contributed by atoms with van der Waals surface area (Å²) in [5.74, 6) is 1.91. The third-order valence-corrected chi connectivity index (χ3v) is 4.85. The van der Waals surface area contributed by atoms with Crippen molar-refractivity contribution in [1.82, 2.24) is 10.2 Å². The topological polar surface area (TPSA) is 33.7 Å². The predicted octanol–water partition coefficient (Wildman–Crippen LogP) is 4.53. The lowest BCUT2D eigenvalue weighted by atomic mass is 10.1. The summed E-state index contributed by atoms with van der Waals surface area (Å²) in [4.78, 5) is 2.55. The van der Waals surface area contributed by atoms with Gasteiger partial charge in [-0.05, 0) is 76.5 Å². The molecule has 2 rings (SSSR count).